The first-order valence-electron chi connectivity index (χ1n) is 9.76. The predicted octanol–water partition coefficient (Wildman–Crippen LogP) is 5.87. The molecule has 0 radical (unpaired) electrons. The number of aryl methyl sites for hydroxylation is 1. The van der Waals surface area contributed by atoms with Gasteiger partial charge < -0.3 is 5.32 Å². The molecule has 0 spiro atoms. The van der Waals surface area contributed by atoms with Crippen molar-refractivity contribution in [2.45, 2.75) is 18.4 Å². The van der Waals surface area contributed by atoms with Crippen molar-refractivity contribution in [2.75, 3.05) is 11.1 Å². The molecular formula is C24H19F2N3OS. The molecule has 1 N–H and O–H groups in total. The van der Waals surface area contributed by atoms with Gasteiger partial charge in [0.2, 0.25) is 5.91 Å². The van der Waals surface area contributed by atoms with Crippen LogP contribution in [0.25, 0.3) is 22.3 Å². The van der Waals surface area contributed by atoms with E-state index in [2.05, 4.69) is 22.2 Å². The summed E-state index contributed by atoms with van der Waals surface area (Å²) in [7, 11) is 0. The number of anilines is 1. The van der Waals surface area contributed by atoms with Crippen molar-refractivity contribution in [2.24, 2.45) is 0 Å². The van der Waals surface area contributed by atoms with E-state index in [0.717, 1.165) is 22.9 Å². The van der Waals surface area contributed by atoms with E-state index in [1.54, 1.807) is 18.2 Å². The van der Waals surface area contributed by atoms with Gasteiger partial charge in [0.25, 0.3) is 0 Å². The summed E-state index contributed by atoms with van der Waals surface area (Å²) >= 11 is 1.28. The molecule has 4 rings (SSSR count). The largest absolute Gasteiger partial charge is 0.325 e. The molecule has 0 aliphatic heterocycles. The highest BCUT2D eigenvalue weighted by Gasteiger charge is 2.13. The average molecular weight is 435 g/mol. The van der Waals surface area contributed by atoms with Crippen molar-refractivity contribution < 1.29 is 13.6 Å². The minimum absolute atomic E-state index is 0.0990. The van der Waals surface area contributed by atoms with Crippen LogP contribution in [-0.4, -0.2) is 21.6 Å². The highest BCUT2D eigenvalue weighted by molar-refractivity contribution is 8.00. The van der Waals surface area contributed by atoms with Crippen LogP contribution < -0.4 is 5.32 Å². The lowest BCUT2D eigenvalue weighted by atomic mass is 10.1. The highest BCUT2D eigenvalue weighted by atomic mass is 32.2. The summed E-state index contributed by atoms with van der Waals surface area (Å²) in [4.78, 5) is 21.7. The monoisotopic (exact) mass is 435 g/mol. The summed E-state index contributed by atoms with van der Waals surface area (Å²) in [6.07, 6.45) is 0.861. The Hall–Kier alpha value is -3.32. The van der Waals surface area contributed by atoms with E-state index in [1.165, 1.54) is 42.1 Å². The van der Waals surface area contributed by atoms with Crippen LogP contribution in [-0.2, 0) is 11.2 Å². The van der Waals surface area contributed by atoms with Gasteiger partial charge in [-0.05, 0) is 66.6 Å². The number of thioether (sulfide) groups is 1. The highest BCUT2D eigenvalue weighted by Crippen LogP contribution is 2.29. The molecule has 0 bridgehead atoms. The van der Waals surface area contributed by atoms with Crippen molar-refractivity contribution in [1.82, 2.24) is 9.97 Å². The number of nitrogens with zero attached hydrogens (tertiary/aromatic N) is 2. The number of halogens is 2. The van der Waals surface area contributed by atoms with E-state index < -0.39 is 5.82 Å². The summed E-state index contributed by atoms with van der Waals surface area (Å²) in [5.41, 5.74) is 2.98. The van der Waals surface area contributed by atoms with Crippen LogP contribution in [0.3, 0.4) is 0 Å². The molecule has 156 valence electrons. The molecule has 0 saturated carbocycles. The fourth-order valence-electron chi connectivity index (χ4n) is 3.10. The Morgan fingerprint density at radius 2 is 1.77 bits per heavy atom. The maximum absolute atomic E-state index is 13.3. The van der Waals surface area contributed by atoms with E-state index in [-0.39, 0.29) is 17.5 Å². The zero-order chi connectivity index (χ0) is 21.8. The third-order valence-corrected chi connectivity index (χ3v) is 5.68. The van der Waals surface area contributed by atoms with Crippen molar-refractivity contribution >= 4 is 34.3 Å². The lowest BCUT2D eigenvalue weighted by Crippen LogP contribution is -2.14. The molecule has 0 aliphatic rings. The van der Waals surface area contributed by atoms with Gasteiger partial charge in [-0.15, -0.1) is 0 Å². The number of hydrogen-bond acceptors (Lipinski definition) is 4. The molecule has 7 heteroatoms. The topological polar surface area (TPSA) is 54.9 Å². The molecule has 0 unspecified atom stereocenters. The minimum Gasteiger partial charge on any atom is -0.325 e. The van der Waals surface area contributed by atoms with Gasteiger partial charge in [-0.1, -0.05) is 30.8 Å². The summed E-state index contributed by atoms with van der Waals surface area (Å²) in [6, 6.07) is 17.7. The van der Waals surface area contributed by atoms with Crippen LogP contribution in [0.15, 0.2) is 71.8 Å². The van der Waals surface area contributed by atoms with E-state index in [4.69, 9.17) is 0 Å². The number of aromatic nitrogens is 2. The van der Waals surface area contributed by atoms with Crippen LogP contribution in [0, 0.1) is 11.6 Å². The lowest BCUT2D eigenvalue weighted by Gasteiger charge is -2.10. The Kier molecular flexibility index (Phi) is 6.23. The van der Waals surface area contributed by atoms with Crippen LogP contribution >= 0.6 is 11.8 Å². The molecule has 0 fully saturated rings. The van der Waals surface area contributed by atoms with Gasteiger partial charge in [0.15, 0.2) is 5.82 Å². The number of rotatable bonds is 6. The summed E-state index contributed by atoms with van der Waals surface area (Å²) in [6.45, 7) is 2.06. The first-order chi connectivity index (χ1) is 15.0. The van der Waals surface area contributed by atoms with Gasteiger partial charge in [-0.25, -0.2) is 18.7 Å². The van der Waals surface area contributed by atoms with Crippen LogP contribution in [0.5, 0.6) is 0 Å². The zero-order valence-corrected chi connectivity index (χ0v) is 17.5. The Balaban J connectivity index is 1.63. The minimum atomic E-state index is -0.414. The van der Waals surface area contributed by atoms with E-state index >= 15 is 0 Å². The quantitative estimate of drug-likeness (QED) is 0.304. The number of amides is 1. The molecule has 0 saturated heterocycles. The first kappa shape index (κ1) is 20.9. The maximum Gasteiger partial charge on any atom is 0.234 e. The molecule has 4 nitrogen and oxygen atoms in total. The van der Waals surface area contributed by atoms with Gasteiger partial charge >= 0.3 is 0 Å². The molecule has 0 atom stereocenters. The van der Waals surface area contributed by atoms with Gasteiger partial charge in [-0.3, -0.25) is 4.79 Å². The number of fused-ring (bicyclic) bond motifs is 1. The van der Waals surface area contributed by atoms with E-state index in [1.807, 2.05) is 18.2 Å². The van der Waals surface area contributed by atoms with Crippen molar-refractivity contribution in [1.29, 1.82) is 0 Å². The fraction of sp³-hybridized carbons (Fsp3) is 0.125. The number of benzene rings is 3. The molecule has 1 heterocycles. The Labute approximate surface area is 182 Å². The van der Waals surface area contributed by atoms with Crippen LogP contribution in [0.2, 0.25) is 0 Å². The lowest BCUT2D eigenvalue weighted by molar-refractivity contribution is -0.113. The van der Waals surface area contributed by atoms with E-state index in [0.29, 0.717) is 22.1 Å². The molecular weight excluding hydrogens is 416 g/mol. The van der Waals surface area contributed by atoms with Gasteiger partial charge in [-0.2, -0.15) is 0 Å². The van der Waals surface area contributed by atoms with Crippen molar-refractivity contribution in [3.05, 3.63) is 83.9 Å². The second-order valence-corrected chi connectivity index (χ2v) is 7.88. The average Bonchev–Trinajstić information content (AvgIpc) is 2.77. The second-order valence-electron chi connectivity index (χ2n) is 6.91. The van der Waals surface area contributed by atoms with Crippen molar-refractivity contribution in [3.63, 3.8) is 0 Å². The third-order valence-electron chi connectivity index (χ3n) is 4.68. The molecule has 3 aromatic carbocycles. The SMILES string of the molecule is CCc1ccc2nc(-c3ccc(F)cc3)nc(SCC(=O)Nc3cccc(F)c3)c2c1. The molecule has 1 amide bonds. The van der Waals surface area contributed by atoms with Crippen molar-refractivity contribution in [3.8, 4) is 11.4 Å². The Morgan fingerprint density at radius 3 is 2.52 bits per heavy atom. The summed E-state index contributed by atoms with van der Waals surface area (Å²) in [5, 5.41) is 4.21. The Bertz CT molecular complexity index is 1250. The second kappa shape index (κ2) is 9.22. The summed E-state index contributed by atoms with van der Waals surface area (Å²) < 4.78 is 26.7. The maximum atomic E-state index is 13.3. The number of carbonyl (C=O) groups is 1. The summed E-state index contributed by atoms with van der Waals surface area (Å²) in [5.74, 6) is -0.451. The van der Waals surface area contributed by atoms with Crippen LogP contribution in [0.4, 0.5) is 14.5 Å². The standard InChI is InChI=1S/C24H19F2N3OS/c1-2-15-6-11-21-20(12-15)24(29-23(28-21)16-7-9-17(25)10-8-16)31-14-22(30)27-19-5-3-4-18(26)13-19/h3-13H,2,14H2,1H3,(H,27,30). The number of carbonyl (C=O) groups excluding carboxylic acids is 1. The van der Waals surface area contributed by atoms with Gasteiger partial charge in [0.1, 0.15) is 16.7 Å². The van der Waals surface area contributed by atoms with Gasteiger partial charge in [0, 0.05) is 16.6 Å². The first-order valence-corrected chi connectivity index (χ1v) is 10.7. The predicted molar refractivity (Wildman–Crippen MR) is 120 cm³/mol. The third kappa shape index (κ3) is 5.06. The van der Waals surface area contributed by atoms with Gasteiger partial charge in [0.05, 0.1) is 11.3 Å². The number of hydrogen-bond donors (Lipinski definition) is 1. The molecule has 4 aromatic rings. The van der Waals surface area contributed by atoms with Crippen LogP contribution in [0.1, 0.15) is 12.5 Å². The molecule has 31 heavy (non-hydrogen) atoms. The normalized spacial score (nSPS) is 10.9. The van der Waals surface area contributed by atoms with E-state index in [9.17, 15) is 13.6 Å². The molecule has 1 aromatic heterocycles. The Morgan fingerprint density at radius 1 is 0.968 bits per heavy atom. The molecule has 0 aliphatic carbocycles. The zero-order valence-electron chi connectivity index (χ0n) is 16.7. The number of nitrogens with one attached hydrogen (secondary N) is 1. The fourth-order valence-corrected chi connectivity index (χ4v) is 3.91. The smallest absolute Gasteiger partial charge is 0.234 e.